The Hall–Kier alpha value is -2.72. The van der Waals surface area contributed by atoms with Crippen LogP contribution in [0.4, 0.5) is 4.39 Å². The van der Waals surface area contributed by atoms with Gasteiger partial charge in [0.2, 0.25) is 0 Å². The Morgan fingerprint density at radius 3 is 2.23 bits per heavy atom. The van der Waals surface area contributed by atoms with Crippen molar-refractivity contribution in [3.8, 4) is 17.0 Å². The number of benzene rings is 2. The van der Waals surface area contributed by atoms with Gasteiger partial charge in [-0.2, -0.15) is 0 Å². The molecular weight excluding hydrogens is 375 g/mol. The minimum absolute atomic E-state index is 0.206. The van der Waals surface area contributed by atoms with Crippen molar-refractivity contribution < 1.29 is 9.13 Å². The van der Waals surface area contributed by atoms with E-state index in [0.29, 0.717) is 13.1 Å². The van der Waals surface area contributed by atoms with Crippen molar-refractivity contribution in [1.29, 1.82) is 0 Å². The number of rotatable bonds is 8. The first-order chi connectivity index (χ1) is 14.5. The Bertz CT molecular complexity index is 994. The van der Waals surface area contributed by atoms with E-state index in [9.17, 15) is 4.39 Å². The van der Waals surface area contributed by atoms with Crippen LogP contribution in [0.5, 0.6) is 5.75 Å². The Morgan fingerprint density at radius 1 is 0.967 bits per heavy atom. The van der Waals surface area contributed by atoms with Gasteiger partial charge in [-0.15, -0.1) is 0 Å². The molecule has 30 heavy (non-hydrogen) atoms. The van der Waals surface area contributed by atoms with Gasteiger partial charge in [0, 0.05) is 36.0 Å². The molecule has 3 aromatic rings. The molecule has 0 atom stereocenters. The van der Waals surface area contributed by atoms with Crippen LogP contribution in [0.25, 0.3) is 11.3 Å². The number of hydrogen-bond acceptors (Lipinski definition) is 3. The fourth-order valence-electron chi connectivity index (χ4n) is 4.02. The summed E-state index contributed by atoms with van der Waals surface area (Å²) < 4.78 is 19.3. The highest BCUT2D eigenvalue weighted by Gasteiger charge is 2.17. The zero-order chi connectivity index (χ0) is 21.7. The summed E-state index contributed by atoms with van der Waals surface area (Å²) in [5, 5.41) is 0. The van der Waals surface area contributed by atoms with Crippen LogP contribution < -0.4 is 4.74 Å². The number of pyridine rings is 1. The molecular formula is C26H31FN2O. The van der Waals surface area contributed by atoms with E-state index in [0.717, 1.165) is 41.1 Å². The molecule has 0 spiro atoms. The maximum atomic E-state index is 13.5. The van der Waals surface area contributed by atoms with Gasteiger partial charge in [0.1, 0.15) is 11.6 Å². The zero-order valence-electron chi connectivity index (χ0n) is 18.6. The molecule has 0 aliphatic carbocycles. The molecule has 0 radical (unpaired) electrons. The SMILES string of the molecule is CCc1cccc(CC)c1-c1cc(OC)c(CN(C)Cc2cccc(F)c2)c(C)n1. The van der Waals surface area contributed by atoms with Crippen molar-refractivity contribution in [2.75, 3.05) is 14.2 Å². The highest BCUT2D eigenvalue weighted by atomic mass is 19.1. The molecule has 3 nitrogen and oxygen atoms in total. The molecule has 1 heterocycles. The van der Waals surface area contributed by atoms with Crippen LogP contribution in [0.2, 0.25) is 0 Å². The van der Waals surface area contributed by atoms with E-state index in [4.69, 9.17) is 9.72 Å². The molecule has 1 aromatic heterocycles. The third-order valence-corrected chi connectivity index (χ3v) is 5.53. The lowest BCUT2D eigenvalue weighted by molar-refractivity contribution is 0.308. The number of nitrogens with zero attached hydrogens (tertiary/aromatic N) is 2. The van der Waals surface area contributed by atoms with Gasteiger partial charge >= 0.3 is 0 Å². The second-order valence-electron chi connectivity index (χ2n) is 7.73. The lowest BCUT2D eigenvalue weighted by Gasteiger charge is -2.21. The van der Waals surface area contributed by atoms with E-state index in [1.165, 1.54) is 22.8 Å². The number of aryl methyl sites for hydroxylation is 3. The first-order valence-corrected chi connectivity index (χ1v) is 10.5. The largest absolute Gasteiger partial charge is 0.496 e. The zero-order valence-corrected chi connectivity index (χ0v) is 18.6. The van der Waals surface area contributed by atoms with Gasteiger partial charge in [-0.05, 0) is 55.6 Å². The Kier molecular flexibility index (Phi) is 7.22. The molecule has 4 heteroatoms. The summed E-state index contributed by atoms with van der Waals surface area (Å²) in [6.45, 7) is 7.73. The predicted molar refractivity (Wildman–Crippen MR) is 121 cm³/mol. The number of aromatic nitrogens is 1. The molecule has 0 aliphatic heterocycles. The second-order valence-corrected chi connectivity index (χ2v) is 7.73. The minimum Gasteiger partial charge on any atom is -0.496 e. The van der Waals surface area contributed by atoms with Crippen molar-refractivity contribution in [1.82, 2.24) is 9.88 Å². The molecule has 0 aliphatic rings. The molecule has 158 valence electrons. The van der Waals surface area contributed by atoms with Crippen molar-refractivity contribution in [2.24, 2.45) is 0 Å². The third kappa shape index (κ3) is 4.88. The fourth-order valence-corrected chi connectivity index (χ4v) is 4.02. The topological polar surface area (TPSA) is 25.4 Å². The predicted octanol–water partition coefficient (Wildman–Crippen LogP) is 5.96. The van der Waals surface area contributed by atoms with Crippen LogP contribution in [0.15, 0.2) is 48.5 Å². The Balaban J connectivity index is 1.94. The summed E-state index contributed by atoms with van der Waals surface area (Å²) in [6, 6.07) is 15.3. The van der Waals surface area contributed by atoms with Crippen molar-refractivity contribution in [2.45, 2.75) is 46.7 Å². The summed E-state index contributed by atoms with van der Waals surface area (Å²) in [6.07, 6.45) is 1.93. The van der Waals surface area contributed by atoms with Gasteiger partial charge < -0.3 is 4.74 Å². The van der Waals surface area contributed by atoms with Gasteiger partial charge in [-0.3, -0.25) is 9.88 Å². The van der Waals surface area contributed by atoms with Gasteiger partial charge in [0.05, 0.1) is 12.8 Å². The van der Waals surface area contributed by atoms with E-state index in [1.54, 1.807) is 19.2 Å². The van der Waals surface area contributed by atoms with E-state index in [-0.39, 0.29) is 5.82 Å². The maximum absolute atomic E-state index is 13.5. The molecule has 0 saturated carbocycles. The summed E-state index contributed by atoms with van der Waals surface area (Å²) in [5.41, 5.74) is 7.77. The van der Waals surface area contributed by atoms with Crippen LogP contribution in [0.3, 0.4) is 0 Å². The van der Waals surface area contributed by atoms with Crippen LogP contribution in [-0.4, -0.2) is 24.0 Å². The number of ether oxygens (including phenoxy) is 1. The lowest BCUT2D eigenvalue weighted by Crippen LogP contribution is -2.19. The van der Waals surface area contributed by atoms with Crippen molar-refractivity contribution in [3.05, 3.63) is 82.3 Å². The molecule has 0 amide bonds. The summed E-state index contributed by atoms with van der Waals surface area (Å²) in [5.74, 6) is 0.638. The summed E-state index contributed by atoms with van der Waals surface area (Å²) in [7, 11) is 3.74. The highest BCUT2D eigenvalue weighted by Crippen LogP contribution is 2.33. The fraction of sp³-hybridized carbons (Fsp3) is 0.346. The monoisotopic (exact) mass is 406 g/mol. The van der Waals surface area contributed by atoms with Crippen molar-refractivity contribution in [3.63, 3.8) is 0 Å². The van der Waals surface area contributed by atoms with E-state index in [2.05, 4.69) is 43.0 Å². The average molecular weight is 407 g/mol. The van der Waals surface area contributed by atoms with Crippen molar-refractivity contribution >= 4 is 0 Å². The quantitative estimate of drug-likeness (QED) is 0.461. The normalized spacial score (nSPS) is 11.2. The molecule has 0 bridgehead atoms. The average Bonchev–Trinajstić information content (AvgIpc) is 2.74. The van der Waals surface area contributed by atoms with E-state index >= 15 is 0 Å². The first-order valence-electron chi connectivity index (χ1n) is 10.5. The smallest absolute Gasteiger partial charge is 0.127 e. The molecule has 3 rings (SSSR count). The molecule has 2 aromatic carbocycles. The summed E-state index contributed by atoms with van der Waals surface area (Å²) in [4.78, 5) is 7.13. The van der Waals surface area contributed by atoms with Gasteiger partial charge in [0.25, 0.3) is 0 Å². The maximum Gasteiger partial charge on any atom is 0.127 e. The van der Waals surface area contributed by atoms with Crippen LogP contribution in [0, 0.1) is 12.7 Å². The molecule has 0 N–H and O–H groups in total. The van der Waals surface area contributed by atoms with Crippen LogP contribution in [-0.2, 0) is 25.9 Å². The second kappa shape index (κ2) is 9.86. The Labute approximate surface area is 179 Å². The summed E-state index contributed by atoms with van der Waals surface area (Å²) >= 11 is 0. The van der Waals surface area contributed by atoms with E-state index < -0.39 is 0 Å². The van der Waals surface area contributed by atoms with Crippen LogP contribution >= 0.6 is 0 Å². The lowest BCUT2D eigenvalue weighted by atomic mass is 9.94. The van der Waals surface area contributed by atoms with Gasteiger partial charge in [-0.25, -0.2) is 4.39 Å². The third-order valence-electron chi connectivity index (χ3n) is 5.53. The highest BCUT2D eigenvalue weighted by molar-refractivity contribution is 5.70. The standard InChI is InChI=1S/C26H31FN2O/c1-6-20-11-9-12-21(7-2)26(20)24-15-25(30-5)23(18(3)28-24)17-29(4)16-19-10-8-13-22(27)14-19/h8-15H,6-7,16-17H2,1-5H3. The Morgan fingerprint density at radius 2 is 1.63 bits per heavy atom. The molecule has 0 fully saturated rings. The minimum atomic E-state index is -0.206. The van der Waals surface area contributed by atoms with Gasteiger partial charge in [0.15, 0.2) is 0 Å². The van der Waals surface area contributed by atoms with E-state index in [1.807, 2.05) is 20.0 Å². The molecule has 0 unspecified atom stereocenters. The number of methoxy groups -OCH3 is 1. The number of hydrogen-bond donors (Lipinski definition) is 0. The number of halogens is 1. The van der Waals surface area contributed by atoms with Crippen LogP contribution in [0.1, 0.15) is 41.8 Å². The first kappa shape index (κ1) is 22.0. The molecule has 0 saturated heterocycles. The van der Waals surface area contributed by atoms with Gasteiger partial charge in [-0.1, -0.05) is 44.2 Å².